The molecular weight excluding hydrogens is 470 g/mol. The number of hydrogen-bond donors (Lipinski definition) is 2. The van der Waals surface area contributed by atoms with Crippen molar-refractivity contribution in [3.63, 3.8) is 0 Å². The van der Waals surface area contributed by atoms with Crippen molar-refractivity contribution in [3.8, 4) is 11.5 Å². The first-order chi connectivity index (χ1) is 14.0. The van der Waals surface area contributed by atoms with Gasteiger partial charge < -0.3 is 15.1 Å². The predicted molar refractivity (Wildman–Crippen MR) is 104 cm³/mol. The molecule has 162 valence electrons. The first kappa shape index (κ1) is 22.7. The Morgan fingerprint density at radius 2 is 1.73 bits per heavy atom. The standard InChI is InChI=1S/C18H15Cl3F3N3O3/c19-11-6-8(25-17(26-11)18(22,23)24)2-1-3-12(28)27-5-4-9-10(7-27)14(21)16(30)15(29)13(9)20/h6,29-30H,1-5,7H2. The molecule has 0 radical (unpaired) electrons. The van der Waals surface area contributed by atoms with Gasteiger partial charge in [0.2, 0.25) is 11.7 Å². The molecule has 0 fully saturated rings. The number of carbonyl (C=O) groups excluding carboxylic acids is 1. The lowest BCUT2D eigenvalue weighted by molar-refractivity contribution is -0.145. The molecule has 1 aliphatic rings. The second kappa shape index (κ2) is 8.64. The van der Waals surface area contributed by atoms with Crippen LogP contribution < -0.4 is 0 Å². The van der Waals surface area contributed by atoms with Crippen LogP contribution in [0.5, 0.6) is 11.5 Å². The normalized spacial score (nSPS) is 14.0. The number of phenolic OH excluding ortho intramolecular Hbond substituents is 2. The summed E-state index contributed by atoms with van der Waals surface area (Å²) in [6, 6.07) is 1.23. The average Bonchev–Trinajstić information content (AvgIpc) is 2.69. The Morgan fingerprint density at radius 1 is 1.10 bits per heavy atom. The molecule has 0 saturated heterocycles. The van der Waals surface area contributed by atoms with E-state index in [4.69, 9.17) is 34.8 Å². The van der Waals surface area contributed by atoms with Crippen LogP contribution in [0.2, 0.25) is 15.2 Å². The first-order valence-electron chi connectivity index (χ1n) is 8.78. The van der Waals surface area contributed by atoms with Crippen molar-refractivity contribution in [1.82, 2.24) is 14.9 Å². The van der Waals surface area contributed by atoms with Gasteiger partial charge in [-0.25, -0.2) is 9.97 Å². The lowest BCUT2D eigenvalue weighted by atomic mass is 9.98. The van der Waals surface area contributed by atoms with Crippen molar-refractivity contribution < 1.29 is 28.2 Å². The molecule has 30 heavy (non-hydrogen) atoms. The van der Waals surface area contributed by atoms with Crippen LogP contribution in [0.1, 0.15) is 35.5 Å². The summed E-state index contributed by atoms with van der Waals surface area (Å²) in [7, 11) is 0. The number of nitrogens with zero attached hydrogens (tertiary/aromatic N) is 3. The van der Waals surface area contributed by atoms with E-state index in [1.165, 1.54) is 11.0 Å². The van der Waals surface area contributed by atoms with Gasteiger partial charge in [-0.3, -0.25) is 4.79 Å². The number of rotatable bonds is 4. The number of phenols is 2. The molecule has 1 amide bonds. The predicted octanol–water partition coefficient (Wildman–Crippen LogP) is 4.77. The Morgan fingerprint density at radius 3 is 2.37 bits per heavy atom. The van der Waals surface area contributed by atoms with Crippen molar-refractivity contribution in [1.29, 1.82) is 0 Å². The van der Waals surface area contributed by atoms with Gasteiger partial charge in [-0.2, -0.15) is 13.2 Å². The van der Waals surface area contributed by atoms with E-state index < -0.39 is 23.5 Å². The number of halogens is 6. The number of hydrogen-bond acceptors (Lipinski definition) is 5. The molecule has 2 aromatic rings. The largest absolute Gasteiger partial charge is 0.503 e. The molecule has 1 aromatic heterocycles. The number of aromatic hydroxyl groups is 2. The van der Waals surface area contributed by atoms with E-state index in [2.05, 4.69) is 9.97 Å². The highest BCUT2D eigenvalue weighted by atomic mass is 35.5. The minimum Gasteiger partial charge on any atom is -0.503 e. The van der Waals surface area contributed by atoms with Gasteiger partial charge in [-0.1, -0.05) is 34.8 Å². The lowest BCUT2D eigenvalue weighted by Crippen LogP contribution is -2.36. The summed E-state index contributed by atoms with van der Waals surface area (Å²) in [6.45, 7) is 0.418. The molecule has 1 aliphatic heterocycles. The fourth-order valence-electron chi connectivity index (χ4n) is 3.21. The van der Waals surface area contributed by atoms with Crippen LogP contribution in [0.4, 0.5) is 13.2 Å². The van der Waals surface area contributed by atoms with Crippen molar-refractivity contribution in [2.45, 2.75) is 38.4 Å². The maximum atomic E-state index is 12.8. The number of carbonyl (C=O) groups is 1. The van der Waals surface area contributed by atoms with Crippen LogP contribution in [0.3, 0.4) is 0 Å². The Bertz CT molecular complexity index is 1000. The summed E-state index contributed by atoms with van der Waals surface area (Å²) < 4.78 is 38.3. The maximum Gasteiger partial charge on any atom is 0.451 e. The molecule has 2 heterocycles. The monoisotopic (exact) mass is 483 g/mol. The minimum absolute atomic E-state index is 0.0001000. The van der Waals surface area contributed by atoms with E-state index in [1.807, 2.05) is 0 Å². The number of benzene rings is 1. The van der Waals surface area contributed by atoms with E-state index in [9.17, 15) is 28.2 Å². The van der Waals surface area contributed by atoms with Gasteiger partial charge in [-0.15, -0.1) is 0 Å². The number of alkyl halides is 3. The topological polar surface area (TPSA) is 86.6 Å². The molecule has 6 nitrogen and oxygen atoms in total. The Hall–Kier alpha value is -1.97. The Kier molecular flexibility index (Phi) is 6.54. The lowest BCUT2D eigenvalue weighted by Gasteiger charge is -2.30. The second-order valence-corrected chi connectivity index (χ2v) is 7.85. The van der Waals surface area contributed by atoms with Crippen molar-refractivity contribution in [3.05, 3.63) is 43.9 Å². The molecule has 0 atom stereocenters. The highest BCUT2D eigenvalue weighted by molar-refractivity contribution is 6.36. The molecule has 0 spiro atoms. The van der Waals surface area contributed by atoms with E-state index in [1.54, 1.807) is 0 Å². The van der Waals surface area contributed by atoms with Gasteiger partial charge in [-0.05, 0) is 36.5 Å². The van der Waals surface area contributed by atoms with Gasteiger partial charge in [0.05, 0.1) is 10.0 Å². The molecule has 1 aromatic carbocycles. The van der Waals surface area contributed by atoms with Crippen LogP contribution in [-0.4, -0.2) is 37.5 Å². The third-order valence-electron chi connectivity index (χ3n) is 4.69. The third-order valence-corrected chi connectivity index (χ3v) is 5.70. The summed E-state index contributed by atoms with van der Waals surface area (Å²) in [5.41, 5.74) is 1.11. The van der Waals surface area contributed by atoms with Gasteiger partial charge in [0.1, 0.15) is 5.15 Å². The van der Waals surface area contributed by atoms with Crippen LogP contribution in [0, 0.1) is 0 Å². The zero-order chi connectivity index (χ0) is 22.2. The van der Waals surface area contributed by atoms with Gasteiger partial charge in [0, 0.05) is 25.2 Å². The molecule has 0 unspecified atom stereocenters. The first-order valence-corrected chi connectivity index (χ1v) is 9.91. The molecule has 3 rings (SSSR count). The fraction of sp³-hybridized carbons (Fsp3) is 0.389. The van der Waals surface area contributed by atoms with Gasteiger partial charge in [0.25, 0.3) is 0 Å². The van der Waals surface area contributed by atoms with Crippen molar-refractivity contribution >= 4 is 40.7 Å². The van der Waals surface area contributed by atoms with Crippen LogP contribution in [0.15, 0.2) is 6.07 Å². The number of fused-ring (bicyclic) bond motifs is 1. The summed E-state index contributed by atoms with van der Waals surface area (Å²) >= 11 is 17.8. The van der Waals surface area contributed by atoms with Gasteiger partial charge in [0.15, 0.2) is 11.5 Å². The quantitative estimate of drug-likeness (QED) is 0.482. The minimum atomic E-state index is -4.71. The van der Waals surface area contributed by atoms with E-state index >= 15 is 0 Å². The number of aromatic nitrogens is 2. The molecule has 2 N–H and O–H groups in total. The number of aryl methyl sites for hydroxylation is 1. The van der Waals surface area contributed by atoms with Crippen LogP contribution in [-0.2, 0) is 30.4 Å². The third kappa shape index (κ3) is 4.68. The smallest absolute Gasteiger partial charge is 0.451 e. The molecule has 0 bridgehead atoms. The summed E-state index contributed by atoms with van der Waals surface area (Å²) in [4.78, 5) is 20.7. The highest BCUT2D eigenvalue weighted by Gasteiger charge is 2.35. The van der Waals surface area contributed by atoms with Gasteiger partial charge >= 0.3 is 6.18 Å². The van der Waals surface area contributed by atoms with E-state index in [0.29, 0.717) is 24.1 Å². The molecular formula is C18H15Cl3F3N3O3. The highest BCUT2D eigenvalue weighted by Crippen LogP contribution is 2.46. The van der Waals surface area contributed by atoms with Crippen molar-refractivity contribution in [2.75, 3.05) is 6.54 Å². The zero-order valence-corrected chi connectivity index (χ0v) is 17.5. The zero-order valence-electron chi connectivity index (χ0n) is 15.2. The van der Waals surface area contributed by atoms with E-state index in [0.717, 1.165) is 0 Å². The average molecular weight is 485 g/mol. The second-order valence-electron chi connectivity index (χ2n) is 6.70. The van der Waals surface area contributed by atoms with Crippen LogP contribution in [0.25, 0.3) is 0 Å². The fourth-order valence-corrected chi connectivity index (χ4v) is 3.98. The summed E-state index contributed by atoms with van der Waals surface area (Å²) in [5.74, 6) is -2.60. The Balaban J connectivity index is 1.64. The molecule has 0 saturated carbocycles. The summed E-state index contributed by atoms with van der Waals surface area (Å²) in [5, 5.41) is 19.3. The number of amides is 1. The molecule has 0 aliphatic carbocycles. The SMILES string of the molecule is O=C(CCCc1cc(Cl)nc(C(F)(F)F)n1)N1CCc2c(Cl)c(O)c(O)c(Cl)c2C1. The van der Waals surface area contributed by atoms with E-state index in [-0.39, 0.29) is 52.6 Å². The van der Waals surface area contributed by atoms with Crippen molar-refractivity contribution in [2.24, 2.45) is 0 Å². The maximum absolute atomic E-state index is 12.8. The Labute approximate surface area is 184 Å². The van der Waals surface area contributed by atoms with Crippen LogP contribution >= 0.6 is 34.8 Å². The molecule has 12 heteroatoms. The summed E-state index contributed by atoms with van der Waals surface area (Å²) in [6.07, 6.45) is -3.94.